The third-order valence-electron chi connectivity index (χ3n) is 9.70. The van der Waals surface area contributed by atoms with Crippen molar-refractivity contribution in [3.05, 3.63) is 35.9 Å². The molecule has 1 aliphatic heterocycles. The summed E-state index contributed by atoms with van der Waals surface area (Å²) in [4.78, 5) is 33.0. The van der Waals surface area contributed by atoms with Crippen molar-refractivity contribution in [1.82, 2.24) is 14.7 Å². The fourth-order valence-electron chi connectivity index (χ4n) is 7.08. The van der Waals surface area contributed by atoms with Crippen LogP contribution in [-0.4, -0.2) is 88.2 Å². The number of carbonyl (C=O) groups is 2. The molecule has 0 aromatic heterocycles. The van der Waals surface area contributed by atoms with E-state index in [-0.39, 0.29) is 35.4 Å². The third-order valence-corrected chi connectivity index (χ3v) is 9.70. The molecule has 1 aromatic carbocycles. The molecule has 1 aromatic rings. The highest BCUT2D eigenvalue weighted by Crippen LogP contribution is 2.49. The monoisotopic (exact) mass is 483 g/mol. The lowest BCUT2D eigenvalue weighted by Gasteiger charge is -2.51. The van der Waals surface area contributed by atoms with Crippen molar-refractivity contribution in [2.24, 2.45) is 11.8 Å². The number of Topliss-reactive ketones (excluding diaryl/α,β-unsaturated/α-hetero) is 1. The van der Waals surface area contributed by atoms with Crippen molar-refractivity contribution in [2.75, 3.05) is 33.7 Å². The summed E-state index contributed by atoms with van der Waals surface area (Å²) >= 11 is 0. The Balaban J connectivity index is 1.35. The second kappa shape index (κ2) is 9.49. The zero-order valence-electron chi connectivity index (χ0n) is 21.2. The molecule has 1 saturated heterocycles. The van der Waals surface area contributed by atoms with Crippen LogP contribution < -0.4 is 0 Å². The van der Waals surface area contributed by atoms with Crippen molar-refractivity contribution < 1.29 is 19.8 Å². The van der Waals surface area contributed by atoms with E-state index in [9.17, 15) is 19.8 Å². The first-order chi connectivity index (χ1) is 16.7. The highest BCUT2D eigenvalue weighted by atomic mass is 16.3. The molecule has 4 fully saturated rings. The first kappa shape index (κ1) is 24.7. The molecule has 5 rings (SSSR count). The van der Waals surface area contributed by atoms with Crippen LogP contribution in [0.5, 0.6) is 0 Å². The first-order valence-corrected chi connectivity index (χ1v) is 13.4. The van der Waals surface area contributed by atoms with Crippen LogP contribution >= 0.6 is 0 Å². The molecule has 3 aliphatic carbocycles. The van der Waals surface area contributed by atoms with Gasteiger partial charge in [-0.3, -0.25) is 9.69 Å². The van der Waals surface area contributed by atoms with E-state index in [1.807, 2.05) is 0 Å². The van der Waals surface area contributed by atoms with Gasteiger partial charge in [-0.15, -0.1) is 0 Å². The van der Waals surface area contributed by atoms with Crippen LogP contribution in [0.2, 0.25) is 0 Å². The summed E-state index contributed by atoms with van der Waals surface area (Å²) in [5, 5.41) is 19.8. The molecule has 4 aliphatic rings. The lowest BCUT2D eigenvalue weighted by Crippen LogP contribution is -2.56. The van der Waals surface area contributed by atoms with E-state index in [0.717, 1.165) is 32.2 Å². The van der Waals surface area contributed by atoms with Crippen LogP contribution in [0.1, 0.15) is 63.4 Å². The average molecular weight is 484 g/mol. The molecule has 3 saturated carbocycles. The van der Waals surface area contributed by atoms with Gasteiger partial charge in [0.05, 0.1) is 24.3 Å². The van der Waals surface area contributed by atoms with Crippen LogP contribution in [0, 0.1) is 11.8 Å². The smallest absolute Gasteiger partial charge is 0.321 e. The normalized spacial score (nSPS) is 35.8. The van der Waals surface area contributed by atoms with Crippen molar-refractivity contribution in [1.29, 1.82) is 0 Å². The average Bonchev–Trinajstić information content (AvgIpc) is 3.28. The van der Waals surface area contributed by atoms with Crippen LogP contribution in [0.3, 0.4) is 0 Å². The SMILES string of the molecule is CN(C)C1(c2ccccc2)CCC2(CC1)CN(CC(=O)C1C[C@@H](O)[C@@H](O)C1)C(=O)N2CC1CCC1. The van der Waals surface area contributed by atoms with E-state index in [1.54, 1.807) is 4.90 Å². The largest absolute Gasteiger partial charge is 0.390 e. The summed E-state index contributed by atoms with van der Waals surface area (Å²) in [6.07, 6.45) is 6.31. The van der Waals surface area contributed by atoms with Crippen LogP contribution in [0.25, 0.3) is 0 Å². The molecule has 3 atom stereocenters. The summed E-state index contributed by atoms with van der Waals surface area (Å²) in [5.74, 6) is 0.175. The van der Waals surface area contributed by atoms with Crippen LogP contribution in [0.4, 0.5) is 4.79 Å². The van der Waals surface area contributed by atoms with E-state index >= 15 is 0 Å². The molecular formula is C28H41N3O4. The van der Waals surface area contributed by atoms with Crippen molar-refractivity contribution in [2.45, 2.75) is 81.1 Å². The highest BCUT2D eigenvalue weighted by molar-refractivity contribution is 5.88. The summed E-state index contributed by atoms with van der Waals surface area (Å²) in [7, 11) is 4.32. The summed E-state index contributed by atoms with van der Waals surface area (Å²) in [6, 6.07) is 10.7. The minimum atomic E-state index is -0.838. The molecule has 1 spiro atoms. The fourth-order valence-corrected chi connectivity index (χ4v) is 7.08. The van der Waals surface area contributed by atoms with Gasteiger partial charge in [-0.2, -0.15) is 0 Å². The first-order valence-electron chi connectivity index (χ1n) is 13.4. The van der Waals surface area contributed by atoms with Gasteiger partial charge in [-0.1, -0.05) is 36.8 Å². The molecule has 1 unspecified atom stereocenters. The Morgan fingerprint density at radius 2 is 1.66 bits per heavy atom. The minimum absolute atomic E-state index is 0.00130. The fraction of sp³-hybridized carbons (Fsp3) is 0.714. The van der Waals surface area contributed by atoms with Crippen molar-refractivity contribution in [3.63, 3.8) is 0 Å². The number of aliphatic hydroxyl groups is 2. The van der Waals surface area contributed by atoms with Gasteiger partial charge in [0.15, 0.2) is 5.78 Å². The molecule has 2 amide bonds. The summed E-state index contributed by atoms with van der Waals surface area (Å²) < 4.78 is 0. The second-order valence-electron chi connectivity index (χ2n) is 11.8. The number of rotatable bonds is 7. The zero-order valence-corrected chi connectivity index (χ0v) is 21.2. The number of ketones is 1. The Labute approximate surface area is 209 Å². The molecule has 7 nitrogen and oxygen atoms in total. The molecule has 1 heterocycles. The molecule has 0 radical (unpaired) electrons. The molecule has 192 valence electrons. The number of urea groups is 1. The number of nitrogens with zero attached hydrogens (tertiary/aromatic N) is 3. The van der Waals surface area contributed by atoms with Crippen molar-refractivity contribution in [3.8, 4) is 0 Å². The number of carbonyl (C=O) groups excluding carboxylic acids is 2. The quantitative estimate of drug-likeness (QED) is 0.623. The standard InChI is InChI=1S/C28H41N3O4/c1-29(2)28(22-9-4-3-5-10-22)13-11-27(12-14-28)19-30(26(35)31(27)17-20-7-6-8-20)18-25(34)21-15-23(32)24(33)16-21/h3-5,9-10,20-21,23-24,32-33H,6-8,11-19H2,1-2H3/t21?,23-,24+,27?,28?. The maximum Gasteiger partial charge on any atom is 0.321 e. The second-order valence-corrected chi connectivity index (χ2v) is 11.8. The number of benzene rings is 1. The van der Waals surface area contributed by atoms with Gasteiger partial charge in [0.1, 0.15) is 0 Å². The maximum absolute atomic E-state index is 13.7. The molecule has 2 N–H and O–H groups in total. The van der Waals surface area contributed by atoms with E-state index in [2.05, 4.69) is 54.2 Å². The Hall–Kier alpha value is -1.96. The van der Waals surface area contributed by atoms with E-state index in [0.29, 0.717) is 25.3 Å². The van der Waals surface area contributed by atoms with E-state index in [1.165, 1.54) is 24.8 Å². The van der Waals surface area contributed by atoms with Gasteiger partial charge < -0.3 is 20.0 Å². The minimum Gasteiger partial charge on any atom is -0.390 e. The number of amides is 2. The third kappa shape index (κ3) is 4.40. The Morgan fingerprint density at radius 3 is 2.20 bits per heavy atom. The Morgan fingerprint density at radius 1 is 1.03 bits per heavy atom. The summed E-state index contributed by atoms with van der Waals surface area (Å²) in [5.41, 5.74) is 1.06. The Kier molecular flexibility index (Phi) is 6.70. The topological polar surface area (TPSA) is 84.3 Å². The summed E-state index contributed by atoms with van der Waals surface area (Å²) in [6.45, 7) is 1.48. The predicted octanol–water partition coefficient (Wildman–Crippen LogP) is 2.99. The van der Waals surface area contributed by atoms with Crippen molar-refractivity contribution >= 4 is 11.8 Å². The van der Waals surface area contributed by atoms with Gasteiger partial charge in [0, 0.05) is 24.5 Å². The molecule has 0 bridgehead atoms. The lowest BCUT2D eigenvalue weighted by molar-refractivity contribution is -0.123. The van der Waals surface area contributed by atoms with Gasteiger partial charge in [0.2, 0.25) is 0 Å². The van der Waals surface area contributed by atoms with Crippen LogP contribution in [-0.2, 0) is 10.3 Å². The highest BCUT2D eigenvalue weighted by Gasteiger charge is 2.55. The van der Waals surface area contributed by atoms with Gasteiger partial charge in [0.25, 0.3) is 0 Å². The van der Waals surface area contributed by atoms with Crippen LogP contribution in [0.15, 0.2) is 30.3 Å². The number of aliphatic hydroxyl groups excluding tert-OH is 2. The molecule has 7 heteroatoms. The number of hydrogen-bond donors (Lipinski definition) is 2. The number of hydrogen-bond acceptors (Lipinski definition) is 5. The van der Waals surface area contributed by atoms with E-state index in [4.69, 9.17) is 0 Å². The predicted molar refractivity (Wildman–Crippen MR) is 134 cm³/mol. The van der Waals surface area contributed by atoms with Gasteiger partial charge in [-0.25, -0.2) is 4.79 Å². The van der Waals surface area contributed by atoms with Gasteiger partial charge >= 0.3 is 6.03 Å². The zero-order chi connectivity index (χ0) is 24.8. The Bertz CT molecular complexity index is 913. The molecular weight excluding hydrogens is 442 g/mol. The lowest BCUT2D eigenvalue weighted by atomic mass is 9.68. The molecule has 35 heavy (non-hydrogen) atoms. The van der Waals surface area contributed by atoms with E-state index < -0.39 is 12.2 Å². The van der Waals surface area contributed by atoms with Gasteiger partial charge in [-0.05, 0) is 76.9 Å². The maximum atomic E-state index is 13.7.